The first-order chi connectivity index (χ1) is 17.7. The summed E-state index contributed by atoms with van der Waals surface area (Å²) in [6.07, 6.45) is 13.0. The normalized spacial score (nSPS) is 11.6. The van der Waals surface area contributed by atoms with E-state index in [1.54, 1.807) is 0 Å². The van der Waals surface area contributed by atoms with Gasteiger partial charge in [0.25, 0.3) is 0 Å². The predicted octanol–water partition coefficient (Wildman–Crippen LogP) is 8.87. The molecule has 1 heterocycles. The van der Waals surface area contributed by atoms with Crippen LogP contribution in [0.2, 0.25) is 0 Å². The van der Waals surface area contributed by atoms with Crippen LogP contribution in [-0.2, 0) is 0 Å². The smallest absolute Gasteiger partial charge is 0.0707 e. The van der Waals surface area contributed by atoms with Crippen LogP contribution in [0.25, 0.3) is 23.1 Å². The molecule has 0 spiro atoms. The lowest BCUT2D eigenvalue weighted by atomic mass is 10.1. The fourth-order valence-electron chi connectivity index (χ4n) is 4.43. The molecule has 0 aliphatic carbocycles. The highest BCUT2D eigenvalue weighted by Crippen LogP contribution is 2.23. The number of aryl methyl sites for hydroxylation is 1. The number of pyridine rings is 1. The number of hydrogen-bond acceptors (Lipinski definition) is 3. The van der Waals surface area contributed by atoms with Crippen molar-refractivity contribution in [3.8, 4) is 0 Å². The van der Waals surface area contributed by atoms with Gasteiger partial charge in [-0.3, -0.25) is 9.98 Å². The second kappa shape index (κ2) is 12.8. The molecule has 0 amide bonds. The van der Waals surface area contributed by atoms with E-state index in [0.717, 1.165) is 40.8 Å². The van der Waals surface area contributed by atoms with E-state index in [9.17, 15) is 0 Å². The first kappa shape index (κ1) is 25.4. The minimum Gasteiger partial charge on any atom is -0.371 e. The van der Waals surface area contributed by atoms with E-state index in [4.69, 9.17) is 4.99 Å². The molecule has 4 rings (SSSR count). The van der Waals surface area contributed by atoms with Gasteiger partial charge in [-0.25, -0.2) is 0 Å². The van der Waals surface area contributed by atoms with Gasteiger partial charge in [0, 0.05) is 36.6 Å². The largest absolute Gasteiger partial charge is 0.371 e. The van der Waals surface area contributed by atoms with Crippen LogP contribution in [0.4, 0.5) is 11.4 Å². The van der Waals surface area contributed by atoms with Gasteiger partial charge in [-0.05, 0) is 78.4 Å². The molecule has 3 heteroatoms. The first-order valence-corrected chi connectivity index (χ1v) is 13.2. The van der Waals surface area contributed by atoms with E-state index in [1.807, 2.05) is 24.5 Å². The van der Waals surface area contributed by atoms with Crippen molar-refractivity contribution in [2.45, 2.75) is 46.5 Å². The van der Waals surface area contributed by atoms with E-state index >= 15 is 0 Å². The van der Waals surface area contributed by atoms with Crippen LogP contribution in [0.15, 0.2) is 84.0 Å². The molecule has 0 fully saturated rings. The molecule has 0 unspecified atom stereocenters. The zero-order valence-electron chi connectivity index (χ0n) is 21.8. The Morgan fingerprint density at radius 1 is 0.806 bits per heavy atom. The summed E-state index contributed by atoms with van der Waals surface area (Å²) in [5.41, 5.74) is 8.09. The lowest BCUT2D eigenvalue weighted by Gasteiger charge is -2.26. The third kappa shape index (κ3) is 6.69. The summed E-state index contributed by atoms with van der Waals surface area (Å²) < 4.78 is 0. The van der Waals surface area contributed by atoms with Crippen LogP contribution in [0.5, 0.6) is 0 Å². The monoisotopic (exact) mass is 475 g/mol. The van der Waals surface area contributed by atoms with Crippen LogP contribution >= 0.6 is 0 Å². The predicted molar refractivity (Wildman–Crippen MR) is 158 cm³/mol. The van der Waals surface area contributed by atoms with Crippen molar-refractivity contribution in [3.63, 3.8) is 0 Å². The number of benzene rings is 3. The maximum Gasteiger partial charge on any atom is 0.0707 e. The van der Waals surface area contributed by atoms with Gasteiger partial charge in [-0.1, -0.05) is 75.2 Å². The fraction of sp³-hybridized carbons (Fsp3) is 0.273. The van der Waals surface area contributed by atoms with E-state index in [0.29, 0.717) is 0 Å². The molecular formula is C33H37N3. The van der Waals surface area contributed by atoms with Crippen LogP contribution in [-0.4, -0.2) is 24.3 Å². The molecule has 0 atom stereocenters. The molecule has 1 aromatic heterocycles. The highest BCUT2D eigenvalue weighted by Gasteiger charge is 2.09. The van der Waals surface area contributed by atoms with Crippen LogP contribution in [0, 0.1) is 6.92 Å². The maximum absolute atomic E-state index is 4.72. The standard InChI is InChI=1S/C33H37N3/c1-4-6-22-36(23-7-5-2)33-19-15-28(24-26(33)3)25-35-30-17-13-27(14-18-30)12-16-29-20-21-34-32-11-9-8-10-31(29)32/h8-21,24-25H,4-7,22-23H2,1-3H3/b16-12+,35-25?. The van der Waals surface area contributed by atoms with Crippen molar-refractivity contribution in [2.75, 3.05) is 18.0 Å². The molecule has 0 aliphatic rings. The van der Waals surface area contributed by atoms with Gasteiger partial charge in [-0.2, -0.15) is 0 Å². The molecule has 4 aromatic rings. The second-order valence-corrected chi connectivity index (χ2v) is 9.34. The quantitative estimate of drug-likeness (QED) is 0.203. The topological polar surface area (TPSA) is 28.5 Å². The Morgan fingerprint density at radius 2 is 1.53 bits per heavy atom. The number of hydrogen-bond donors (Lipinski definition) is 0. The zero-order valence-corrected chi connectivity index (χ0v) is 21.8. The number of aromatic nitrogens is 1. The van der Waals surface area contributed by atoms with Gasteiger partial charge < -0.3 is 4.90 Å². The van der Waals surface area contributed by atoms with Gasteiger partial charge >= 0.3 is 0 Å². The van der Waals surface area contributed by atoms with Gasteiger partial charge in [0.1, 0.15) is 0 Å². The minimum atomic E-state index is 0.954. The average molecular weight is 476 g/mol. The maximum atomic E-state index is 4.72. The van der Waals surface area contributed by atoms with Gasteiger partial charge in [-0.15, -0.1) is 0 Å². The van der Waals surface area contributed by atoms with Crippen molar-refractivity contribution >= 4 is 40.6 Å². The molecule has 3 aromatic carbocycles. The Morgan fingerprint density at radius 3 is 2.25 bits per heavy atom. The summed E-state index contributed by atoms with van der Waals surface area (Å²) >= 11 is 0. The Kier molecular flexibility index (Phi) is 9.04. The summed E-state index contributed by atoms with van der Waals surface area (Å²) in [4.78, 5) is 11.7. The summed E-state index contributed by atoms with van der Waals surface area (Å²) in [5, 5.41) is 1.16. The van der Waals surface area contributed by atoms with E-state index < -0.39 is 0 Å². The van der Waals surface area contributed by atoms with Crippen LogP contribution in [0.3, 0.4) is 0 Å². The first-order valence-electron chi connectivity index (χ1n) is 13.2. The highest BCUT2D eigenvalue weighted by atomic mass is 15.1. The van der Waals surface area contributed by atoms with E-state index in [2.05, 4.69) is 103 Å². The second-order valence-electron chi connectivity index (χ2n) is 9.34. The third-order valence-electron chi connectivity index (χ3n) is 6.52. The summed E-state index contributed by atoms with van der Waals surface area (Å²) in [7, 11) is 0. The Labute approximate surface area is 216 Å². The Bertz CT molecular complexity index is 1310. The Balaban J connectivity index is 1.43. The number of rotatable bonds is 11. The van der Waals surface area contributed by atoms with Gasteiger partial charge in [0.05, 0.1) is 11.2 Å². The van der Waals surface area contributed by atoms with Gasteiger partial charge in [0.2, 0.25) is 0 Å². The molecule has 36 heavy (non-hydrogen) atoms. The van der Waals surface area contributed by atoms with Crippen molar-refractivity contribution in [3.05, 3.63) is 101 Å². The molecule has 0 saturated carbocycles. The fourth-order valence-corrected chi connectivity index (χ4v) is 4.43. The molecule has 0 aliphatic heterocycles. The lowest BCUT2D eigenvalue weighted by molar-refractivity contribution is 0.676. The molecule has 184 valence electrons. The zero-order chi connectivity index (χ0) is 25.2. The minimum absolute atomic E-state index is 0.954. The molecule has 0 bridgehead atoms. The summed E-state index contributed by atoms with van der Waals surface area (Å²) in [6, 6.07) is 25.3. The van der Waals surface area contributed by atoms with E-state index in [-0.39, 0.29) is 0 Å². The number of para-hydroxylation sites is 1. The summed E-state index contributed by atoms with van der Waals surface area (Å²) in [6.45, 7) is 8.99. The third-order valence-corrected chi connectivity index (χ3v) is 6.52. The van der Waals surface area contributed by atoms with Crippen LogP contribution < -0.4 is 4.90 Å². The number of fused-ring (bicyclic) bond motifs is 1. The molecule has 0 saturated heterocycles. The molecule has 0 radical (unpaired) electrons. The molecular weight excluding hydrogens is 438 g/mol. The number of unbranched alkanes of at least 4 members (excludes halogenated alkanes) is 2. The van der Waals surface area contributed by atoms with Crippen molar-refractivity contribution in [1.82, 2.24) is 4.98 Å². The lowest BCUT2D eigenvalue weighted by Crippen LogP contribution is -2.26. The van der Waals surface area contributed by atoms with Crippen molar-refractivity contribution in [2.24, 2.45) is 4.99 Å². The molecule has 0 N–H and O–H groups in total. The van der Waals surface area contributed by atoms with Crippen molar-refractivity contribution in [1.29, 1.82) is 0 Å². The van der Waals surface area contributed by atoms with Crippen molar-refractivity contribution < 1.29 is 0 Å². The number of nitrogens with zero attached hydrogens (tertiary/aromatic N) is 3. The van der Waals surface area contributed by atoms with Crippen LogP contribution in [0.1, 0.15) is 61.8 Å². The average Bonchev–Trinajstić information content (AvgIpc) is 2.92. The number of aliphatic imine (C=N–C) groups is 1. The highest BCUT2D eigenvalue weighted by molar-refractivity contribution is 5.90. The van der Waals surface area contributed by atoms with Gasteiger partial charge in [0.15, 0.2) is 0 Å². The number of anilines is 1. The molecule has 3 nitrogen and oxygen atoms in total. The van der Waals surface area contributed by atoms with E-state index in [1.165, 1.54) is 42.5 Å². The Hall–Kier alpha value is -3.72. The SMILES string of the molecule is CCCCN(CCCC)c1ccc(C=Nc2ccc(/C=C/c3ccnc4ccccc34)cc2)cc1C. The summed E-state index contributed by atoms with van der Waals surface area (Å²) in [5.74, 6) is 0.